The molecule has 1 amide bonds. The van der Waals surface area contributed by atoms with Gasteiger partial charge in [-0.05, 0) is 12.1 Å². The second kappa shape index (κ2) is 4.30. The van der Waals surface area contributed by atoms with Crippen molar-refractivity contribution in [3.05, 3.63) is 46.3 Å². The molecule has 0 aliphatic carbocycles. The molecule has 0 aliphatic heterocycles. The molecular formula is C13H10N4O3. The zero-order valence-electron chi connectivity index (χ0n) is 10.5. The van der Waals surface area contributed by atoms with Crippen LogP contribution in [0.1, 0.15) is 10.5 Å². The van der Waals surface area contributed by atoms with Crippen molar-refractivity contribution in [2.45, 2.75) is 0 Å². The number of fused-ring (bicyclic) bond motifs is 3. The van der Waals surface area contributed by atoms with Gasteiger partial charge in [0.1, 0.15) is 0 Å². The third-order valence-electron chi connectivity index (χ3n) is 3.16. The molecule has 3 rings (SSSR count). The second-order valence-corrected chi connectivity index (χ2v) is 4.27. The number of benzene rings is 1. The predicted molar refractivity (Wildman–Crippen MR) is 73.6 cm³/mol. The molecule has 7 nitrogen and oxygen atoms in total. The third kappa shape index (κ3) is 1.68. The molecule has 0 unspecified atom stereocenters. The van der Waals surface area contributed by atoms with E-state index < -0.39 is 4.92 Å². The van der Waals surface area contributed by atoms with Crippen LogP contribution in [0.15, 0.2) is 30.5 Å². The van der Waals surface area contributed by atoms with E-state index in [2.05, 4.69) is 15.3 Å². The standard InChI is InChI=1S/C13H10N4O3/c1-14-13(18)12-11-8(4-5-15-12)9-6-7(17(19)20)2-3-10(9)16-11/h2-6,16H,1H3,(H,14,18). The van der Waals surface area contributed by atoms with Crippen molar-refractivity contribution in [1.82, 2.24) is 15.3 Å². The number of pyridine rings is 1. The van der Waals surface area contributed by atoms with Gasteiger partial charge < -0.3 is 10.3 Å². The molecule has 0 aliphatic rings. The van der Waals surface area contributed by atoms with Crippen LogP contribution in [0.25, 0.3) is 21.8 Å². The maximum absolute atomic E-state index is 11.8. The molecule has 2 N–H and O–H groups in total. The minimum atomic E-state index is -0.445. The van der Waals surface area contributed by atoms with Gasteiger partial charge in [-0.2, -0.15) is 0 Å². The van der Waals surface area contributed by atoms with Crippen molar-refractivity contribution < 1.29 is 9.72 Å². The quantitative estimate of drug-likeness (QED) is 0.549. The van der Waals surface area contributed by atoms with Crippen LogP contribution in [0.5, 0.6) is 0 Å². The highest BCUT2D eigenvalue weighted by atomic mass is 16.6. The van der Waals surface area contributed by atoms with Crippen LogP contribution >= 0.6 is 0 Å². The fourth-order valence-electron chi connectivity index (χ4n) is 2.22. The molecule has 0 atom stereocenters. The molecule has 0 bridgehead atoms. The summed E-state index contributed by atoms with van der Waals surface area (Å²) < 4.78 is 0. The Morgan fingerprint density at radius 1 is 1.35 bits per heavy atom. The molecule has 2 aromatic heterocycles. The number of aromatic amines is 1. The van der Waals surface area contributed by atoms with Gasteiger partial charge in [-0.1, -0.05) is 0 Å². The first-order valence-corrected chi connectivity index (χ1v) is 5.88. The fourth-order valence-corrected chi connectivity index (χ4v) is 2.22. The van der Waals surface area contributed by atoms with Gasteiger partial charge in [-0.25, -0.2) is 4.98 Å². The lowest BCUT2D eigenvalue weighted by atomic mass is 10.1. The average molecular weight is 270 g/mol. The van der Waals surface area contributed by atoms with Gasteiger partial charge in [0.2, 0.25) is 0 Å². The Labute approximate surface area is 112 Å². The maximum atomic E-state index is 11.8. The number of hydrogen-bond donors (Lipinski definition) is 2. The van der Waals surface area contributed by atoms with Crippen LogP contribution in [0.4, 0.5) is 5.69 Å². The van der Waals surface area contributed by atoms with E-state index in [0.717, 1.165) is 10.9 Å². The Morgan fingerprint density at radius 3 is 2.85 bits per heavy atom. The number of non-ortho nitro benzene ring substituents is 1. The summed E-state index contributed by atoms with van der Waals surface area (Å²) in [6.07, 6.45) is 1.51. The Kier molecular flexibility index (Phi) is 2.60. The summed E-state index contributed by atoms with van der Waals surface area (Å²) in [4.78, 5) is 29.3. The Morgan fingerprint density at radius 2 is 2.15 bits per heavy atom. The average Bonchev–Trinajstić information content (AvgIpc) is 2.83. The van der Waals surface area contributed by atoms with Crippen LogP contribution in [-0.2, 0) is 0 Å². The summed E-state index contributed by atoms with van der Waals surface area (Å²) in [5.74, 6) is -0.309. The number of rotatable bonds is 2. The molecule has 1 aromatic carbocycles. The van der Waals surface area contributed by atoms with Crippen LogP contribution in [0.2, 0.25) is 0 Å². The van der Waals surface area contributed by atoms with E-state index in [9.17, 15) is 14.9 Å². The van der Waals surface area contributed by atoms with E-state index in [1.807, 2.05) is 0 Å². The molecule has 0 saturated carbocycles. The summed E-state index contributed by atoms with van der Waals surface area (Å²) in [5.41, 5.74) is 1.58. The zero-order chi connectivity index (χ0) is 14.3. The number of nitrogens with one attached hydrogen (secondary N) is 2. The van der Waals surface area contributed by atoms with Crippen LogP contribution in [-0.4, -0.2) is 27.8 Å². The lowest BCUT2D eigenvalue weighted by molar-refractivity contribution is -0.384. The van der Waals surface area contributed by atoms with Crippen molar-refractivity contribution in [3.8, 4) is 0 Å². The van der Waals surface area contributed by atoms with Gasteiger partial charge in [0, 0.05) is 41.7 Å². The molecular weight excluding hydrogens is 260 g/mol. The summed E-state index contributed by atoms with van der Waals surface area (Å²) in [7, 11) is 1.52. The number of carbonyl (C=O) groups is 1. The van der Waals surface area contributed by atoms with E-state index in [4.69, 9.17) is 0 Å². The smallest absolute Gasteiger partial charge is 0.271 e. The van der Waals surface area contributed by atoms with Gasteiger partial charge in [-0.15, -0.1) is 0 Å². The first kappa shape index (κ1) is 12.1. The lowest BCUT2D eigenvalue weighted by Crippen LogP contribution is -2.19. The summed E-state index contributed by atoms with van der Waals surface area (Å²) >= 11 is 0. The Balaban J connectivity index is 2.37. The minimum Gasteiger partial charge on any atom is -0.354 e. The number of nitrogens with zero attached hydrogens (tertiary/aromatic N) is 2. The first-order valence-electron chi connectivity index (χ1n) is 5.88. The SMILES string of the molecule is CNC(=O)c1nccc2c1[nH]c1ccc([N+](=O)[O-])cc12. The van der Waals surface area contributed by atoms with E-state index in [-0.39, 0.29) is 17.3 Å². The number of aromatic nitrogens is 2. The number of H-pyrrole nitrogens is 1. The van der Waals surface area contributed by atoms with E-state index in [1.54, 1.807) is 12.1 Å². The van der Waals surface area contributed by atoms with Crippen molar-refractivity contribution in [2.75, 3.05) is 7.05 Å². The summed E-state index contributed by atoms with van der Waals surface area (Å²) in [5, 5.41) is 14.8. The highest BCUT2D eigenvalue weighted by Gasteiger charge is 2.16. The molecule has 0 fully saturated rings. The van der Waals surface area contributed by atoms with Gasteiger partial charge in [-0.3, -0.25) is 14.9 Å². The highest BCUT2D eigenvalue weighted by molar-refractivity contribution is 6.14. The van der Waals surface area contributed by atoms with Gasteiger partial charge >= 0.3 is 0 Å². The lowest BCUT2D eigenvalue weighted by Gasteiger charge is -1.99. The van der Waals surface area contributed by atoms with E-state index in [0.29, 0.717) is 10.9 Å². The van der Waals surface area contributed by atoms with Crippen molar-refractivity contribution in [3.63, 3.8) is 0 Å². The molecule has 100 valence electrons. The second-order valence-electron chi connectivity index (χ2n) is 4.27. The summed E-state index contributed by atoms with van der Waals surface area (Å²) in [6.45, 7) is 0. The predicted octanol–water partition coefficient (Wildman–Crippen LogP) is 1.98. The largest absolute Gasteiger partial charge is 0.354 e. The number of amides is 1. The van der Waals surface area contributed by atoms with E-state index >= 15 is 0 Å². The third-order valence-corrected chi connectivity index (χ3v) is 3.16. The Hall–Kier alpha value is -2.96. The van der Waals surface area contributed by atoms with Gasteiger partial charge in [0.15, 0.2) is 5.69 Å². The first-order chi connectivity index (χ1) is 9.61. The number of nitro benzene ring substituents is 1. The number of nitro groups is 1. The minimum absolute atomic E-state index is 0.0108. The summed E-state index contributed by atoms with van der Waals surface area (Å²) in [6, 6.07) is 6.26. The van der Waals surface area contributed by atoms with E-state index in [1.165, 1.54) is 25.4 Å². The topological polar surface area (TPSA) is 101 Å². The highest BCUT2D eigenvalue weighted by Crippen LogP contribution is 2.29. The molecule has 0 spiro atoms. The molecule has 0 radical (unpaired) electrons. The molecule has 0 saturated heterocycles. The van der Waals surface area contributed by atoms with Gasteiger partial charge in [0.05, 0.1) is 10.4 Å². The number of hydrogen-bond acceptors (Lipinski definition) is 4. The zero-order valence-corrected chi connectivity index (χ0v) is 10.5. The maximum Gasteiger partial charge on any atom is 0.271 e. The van der Waals surface area contributed by atoms with Gasteiger partial charge in [0.25, 0.3) is 11.6 Å². The van der Waals surface area contributed by atoms with Crippen molar-refractivity contribution in [1.29, 1.82) is 0 Å². The monoisotopic (exact) mass is 270 g/mol. The molecule has 2 heterocycles. The molecule has 20 heavy (non-hydrogen) atoms. The normalized spacial score (nSPS) is 10.8. The number of carbonyl (C=O) groups excluding carboxylic acids is 1. The molecule has 7 heteroatoms. The van der Waals surface area contributed by atoms with Crippen molar-refractivity contribution >= 4 is 33.4 Å². The van der Waals surface area contributed by atoms with Crippen LogP contribution < -0.4 is 5.32 Å². The fraction of sp³-hybridized carbons (Fsp3) is 0.0769. The van der Waals surface area contributed by atoms with Crippen molar-refractivity contribution in [2.24, 2.45) is 0 Å². The Bertz CT molecular complexity index is 853. The van der Waals surface area contributed by atoms with Crippen LogP contribution in [0, 0.1) is 10.1 Å². The van der Waals surface area contributed by atoms with Crippen LogP contribution in [0.3, 0.4) is 0 Å². The molecule has 3 aromatic rings.